The van der Waals surface area contributed by atoms with E-state index < -0.39 is 0 Å². The van der Waals surface area contributed by atoms with Crippen molar-refractivity contribution in [3.63, 3.8) is 0 Å². The number of hydrogen-bond acceptors (Lipinski definition) is 4. The molecule has 0 aromatic heterocycles. The molecule has 314 valence electrons. The summed E-state index contributed by atoms with van der Waals surface area (Å²) in [6, 6.07) is 40.9. The van der Waals surface area contributed by atoms with E-state index in [1.807, 2.05) is 0 Å². The minimum Gasteiger partial charge on any atom is -0.399 e. The first-order valence-electron chi connectivity index (χ1n) is 22.9. The highest BCUT2D eigenvalue weighted by molar-refractivity contribution is 6.62. The molecule has 4 nitrogen and oxygen atoms in total. The van der Waals surface area contributed by atoms with Crippen LogP contribution in [0.1, 0.15) is 132 Å². The number of hydrogen-bond donors (Lipinski definition) is 0. The lowest BCUT2D eigenvalue weighted by Crippen LogP contribution is -2.41. The molecule has 2 aliphatic heterocycles. The molecule has 7 rings (SSSR count). The summed E-state index contributed by atoms with van der Waals surface area (Å²) in [6.45, 7) is 21.4. The molecule has 2 heterocycles. The highest BCUT2D eigenvalue weighted by Crippen LogP contribution is 2.39. The van der Waals surface area contributed by atoms with Crippen molar-refractivity contribution in [1.82, 2.24) is 0 Å². The van der Waals surface area contributed by atoms with E-state index in [-0.39, 0.29) is 36.6 Å². The van der Waals surface area contributed by atoms with Crippen LogP contribution in [-0.2, 0) is 31.5 Å². The molecule has 0 N–H and O–H groups in total. The van der Waals surface area contributed by atoms with Gasteiger partial charge in [-0.3, -0.25) is 0 Å². The Hall–Kier alpha value is -3.93. The van der Waals surface area contributed by atoms with Gasteiger partial charge >= 0.3 is 14.2 Å². The van der Waals surface area contributed by atoms with Crippen LogP contribution in [0.25, 0.3) is 44.5 Å². The van der Waals surface area contributed by atoms with Crippen LogP contribution in [0.5, 0.6) is 0 Å². The Morgan fingerprint density at radius 3 is 0.900 bits per heavy atom. The number of rotatable bonds is 16. The van der Waals surface area contributed by atoms with Crippen molar-refractivity contribution in [2.24, 2.45) is 0 Å². The quantitative estimate of drug-likeness (QED) is 0.0736. The molecule has 0 spiro atoms. The molecule has 0 unspecified atom stereocenters. The molecule has 5 aromatic carbocycles. The smallest absolute Gasteiger partial charge is 0.399 e. The van der Waals surface area contributed by atoms with Gasteiger partial charge in [0, 0.05) is 0 Å². The molecule has 60 heavy (non-hydrogen) atoms. The SMILES string of the molecule is CCCCCCc1cc(-c2ccc(-c3ccc(B4OC(C)(C)C(C)(C)O4)cc3)cc2)c(CCCCCC)cc1-c1ccc(-c2ccc(B3OC(C)(C)C(C)(C)O3)cc2)cc1. The fourth-order valence-corrected chi connectivity index (χ4v) is 8.43. The Morgan fingerprint density at radius 2 is 0.617 bits per heavy atom. The molecule has 5 aromatic rings. The van der Waals surface area contributed by atoms with Crippen LogP contribution in [-0.4, -0.2) is 36.6 Å². The summed E-state index contributed by atoms with van der Waals surface area (Å²) in [5, 5.41) is 0. The molecule has 2 fully saturated rings. The molecule has 0 saturated carbocycles. The zero-order valence-electron chi connectivity index (χ0n) is 38.3. The second kappa shape index (κ2) is 18.2. The highest BCUT2D eigenvalue weighted by atomic mass is 16.7. The summed E-state index contributed by atoms with van der Waals surface area (Å²) < 4.78 is 25.3. The first-order valence-corrected chi connectivity index (χ1v) is 22.9. The molecule has 0 aliphatic carbocycles. The van der Waals surface area contributed by atoms with Gasteiger partial charge in [-0.05, 0) is 148 Å². The third-order valence-electron chi connectivity index (χ3n) is 13.9. The lowest BCUT2D eigenvalue weighted by Gasteiger charge is -2.32. The van der Waals surface area contributed by atoms with E-state index in [1.54, 1.807) is 0 Å². The van der Waals surface area contributed by atoms with Crippen LogP contribution in [0.3, 0.4) is 0 Å². The monoisotopic (exact) mass is 803 g/mol. The fraction of sp³-hybridized carbons (Fsp3) is 0.444. The lowest BCUT2D eigenvalue weighted by molar-refractivity contribution is 0.00578. The van der Waals surface area contributed by atoms with Crippen molar-refractivity contribution in [3.8, 4) is 44.5 Å². The average Bonchev–Trinajstić information content (AvgIpc) is 3.60. The molecule has 0 radical (unpaired) electrons. The minimum atomic E-state index is -0.356. The maximum atomic E-state index is 6.32. The second-order valence-electron chi connectivity index (χ2n) is 19.4. The van der Waals surface area contributed by atoms with Gasteiger partial charge in [0.1, 0.15) is 0 Å². The van der Waals surface area contributed by atoms with Gasteiger partial charge in [-0.2, -0.15) is 0 Å². The fourth-order valence-electron chi connectivity index (χ4n) is 8.43. The summed E-state index contributed by atoms with van der Waals surface area (Å²) in [6.07, 6.45) is 12.1. The van der Waals surface area contributed by atoms with Crippen molar-refractivity contribution in [2.75, 3.05) is 0 Å². The normalized spacial score (nSPS) is 17.7. The minimum absolute atomic E-state index is 0.356. The van der Waals surface area contributed by atoms with Crippen LogP contribution in [0.4, 0.5) is 0 Å². The Labute approximate surface area is 363 Å². The van der Waals surface area contributed by atoms with Crippen LogP contribution in [0, 0.1) is 0 Å². The third-order valence-corrected chi connectivity index (χ3v) is 13.9. The van der Waals surface area contributed by atoms with E-state index in [9.17, 15) is 0 Å². The molecule has 0 amide bonds. The van der Waals surface area contributed by atoms with Crippen molar-refractivity contribution in [2.45, 2.75) is 156 Å². The Morgan fingerprint density at radius 1 is 0.350 bits per heavy atom. The maximum Gasteiger partial charge on any atom is 0.494 e. The third kappa shape index (κ3) is 9.58. The summed E-state index contributed by atoms with van der Waals surface area (Å²) in [4.78, 5) is 0. The molecule has 2 saturated heterocycles. The zero-order valence-corrected chi connectivity index (χ0v) is 38.3. The van der Waals surface area contributed by atoms with Gasteiger partial charge in [-0.1, -0.05) is 162 Å². The largest absolute Gasteiger partial charge is 0.494 e. The van der Waals surface area contributed by atoms with Crippen LogP contribution < -0.4 is 10.9 Å². The molecule has 2 aliphatic rings. The summed E-state index contributed by atoms with van der Waals surface area (Å²) >= 11 is 0. The van der Waals surface area contributed by atoms with Gasteiger partial charge in [0.15, 0.2) is 0 Å². The van der Waals surface area contributed by atoms with E-state index in [2.05, 4.69) is 178 Å². The summed E-state index contributed by atoms with van der Waals surface area (Å²) in [7, 11) is -0.712. The van der Waals surface area contributed by atoms with Crippen molar-refractivity contribution in [3.05, 3.63) is 120 Å². The van der Waals surface area contributed by atoms with Gasteiger partial charge < -0.3 is 18.6 Å². The number of aryl methyl sites for hydroxylation is 2. The van der Waals surface area contributed by atoms with E-state index in [1.165, 1.54) is 107 Å². The Balaban J connectivity index is 1.15. The number of unbranched alkanes of at least 4 members (excludes halogenated alkanes) is 6. The van der Waals surface area contributed by atoms with Gasteiger partial charge in [0.05, 0.1) is 22.4 Å². The standard InChI is InChI=1S/C54H68B2O4/c1-11-13-15-17-19-45-37-50(44-27-23-40(24-28-44)42-31-35-48(36-32-42)56-59-53(7,8)54(9,10)60-56)46(20-18-16-14-12-2)38-49(45)43-25-21-39(22-26-43)41-29-33-47(34-30-41)55-57-51(3,4)52(5,6)58-55/h21-38H,11-20H2,1-10H3. The van der Waals surface area contributed by atoms with E-state index in [4.69, 9.17) is 18.6 Å². The van der Waals surface area contributed by atoms with E-state index >= 15 is 0 Å². The summed E-state index contributed by atoms with van der Waals surface area (Å²) in [5.41, 5.74) is 13.7. The average molecular weight is 803 g/mol. The van der Waals surface area contributed by atoms with Crippen LogP contribution in [0.2, 0.25) is 0 Å². The van der Waals surface area contributed by atoms with Gasteiger partial charge in [0.2, 0.25) is 0 Å². The lowest BCUT2D eigenvalue weighted by atomic mass is 9.78. The van der Waals surface area contributed by atoms with Gasteiger partial charge in [-0.25, -0.2) is 0 Å². The Bertz CT molecular complexity index is 1990. The predicted molar refractivity (Wildman–Crippen MR) is 255 cm³/mol. The van der Waals surface area contributed by atoms with Gasteiger partial charge in [-0.15, -0.1) is 0 Å². The first-order chi connectivity index (χ1) is 28.6. The van der Waals surface area contributed by atoms with Gasteiger partial charge in [0.25, 0.3) is 0 Å². The molecular formula is C54H68B2O4. The van der Waals surface area contributed by atoms with Crippen molar-refractivity contribution in [1.29, 1.82) is 0 Å². The predicted octanol–water partition coefficient (Wildman–Crippen LogP) is 13.2. The highest BCUT2D eigenvalue weighted by Gasteiger charge is 2.52. The Kier molecular flexibility index (Phi) is 13.4. The topological polar surface area (TPSA) is 36.9 Å². The molecule has 6 heteroatoms. The number of benzene rings is 5. The van der Waals surface area contributed by atoms with E-state index in [0.717, 1.165) is 23.8 Å². The van der Waals surface area contributed by atoms with Crippen molar-refractivity contribution >= 4 is 25.2 Å². The molecular weight excluding hydrogens is 734 g/mol. The van der Waals surface area contributed by atoms with Crippen molar-refractivity contribution < 1.29 is 18.6 Å². The molecule has 0 atom stereocenters. The first kappa shape index (κ1) is 44.1. The molecule has 0 bridgehead atoms. The van der Waals surface area contributed by atoms with E-state index in [0.29, 0.717) is 0 Å². The maximum absolute atomic E-state index is 6.32. The zero-order chi connectivity index (χ0) is 42.7. The van der Waals surface area contributed by atoms with Crippen LogP contribution in [0.15, 0.2) is 109 Å². The second-order valence-corrected chi connectivity index (χ2v) is 19.4. The van der Waals surface area contributed by atoms with Crippen LogP contribution >= 0.6 is 0 Å². The summed E-state index contributed by atoms with van der Waals surface area (Å²) in [5.74, 6) is 0.